The molecule has 4 rings (SSSR count). The first-order valence-electron chi connectivity index (χ1n) is 9.33. The van der Waals surface area contributed by atoms with Gasteiger partial charge in [-0.15, -0.1) is 13.2 Å². The standard InChI is InChI=1S/C22H20F3NO3/c23-22(24,25)29-19-3-1-2-18(12-19)28-21-13-26-9-8-20(21)16-5-4-15-11-17(27)7-6-14(15)10-16/h1-7,10-12,20-21,26-27H,8-9,13H2. The Morgan fingerprint density at radius 1 is 0.931 bits per heavy atom. The summed E-state index contributed by atoms with van der Waals surface area (Å²) < 4.78 is 47.5. The van der Waals surface area contributed by atoms with Crippen molar-refractivity contribution in [1.29, 1.82) is 0 Å². The van der Waals surface area contributed by atoms with Gasteiger partial charge < -0.3 is 19.9 Å². The van der Waals surface area contributed by atoms with Crippen LogP contribution in [0.4, 0.5) is 13.2 Å². The van der Waals surface area contributed by atoms with Gasteiger partial charge in [-0.2, -0.15) is 0 Å². The lowest BCUT2D eigenvalue weighted by Crippen LogP contribution is -2.42. The molecular weight excluding hydrogens is 383 g/mol. The van der Waals surface area contributed by atoms with Crippen LogP contribution in [0.5, 0.6) is 17.2 Å². The van der Waals surface area contributed by atoms with E-state index >= 15 is 0 Å². The smallest absolute Gasteiger partial charge is 0.508 e. The number of halogens is 3. The molecule has 0 aromatic heterocycles. The van der Waals surface area contributed by atoms with E-state index in [1.165, 1.54) is 18.2 Å². The Labute approximate surface area is 165 Å². The Morgan fingerprint density at radius 2 is 1.69 bits per heavy atom. The van der Waals surface area contributed by atoms with Gasteiger partial charge in [0, 0.05) is 18.5 Å². The van der Waals surface area contributed by atoms with E-state index in [2.05, 4.69) is 16.1 Å². The maximum atomic E-state index is 12.5. The number of alkyl halides is 3. The molecule has 7 heteroatoms. The summed E-state index contributed by atoms with van der Waals surface area (Å²) in [5, 5.41) is 14.9. The molecule has 1 fully saturated rings. The highest BCUT2D eigenvalue weighted by atomic mass is 19.4. The van der Waals surface area contributed by atoms with Crippen molar-refractivity contribution in [2.45, 2.75) is 24.8 Å². The summed E-state index contributed by atoms with van der Waals surface area (Å²) in [6, 6.07) is 16.9. The number of hydrogen-bond donors (Lipinski definition) is 2. The fourth-order valence-electron chi connectivity index (χ4n) is 3.74. The Kier molecular flexibility index (Phi) is 5.24. The van der Waals surface area contributed by atoms with Crippen molar-refractivity contribution < 1.29 is 27.8 Å². The van der Waals surface area contributed by atoms with Crippen molar-refractivity contribution in [1.82, 2.24) is 5.32 Å². The number of fused-ring (bicyclic) bond motifs is 1. The zero-order valence-corrected chi connectivity index (χ0v) is 15.4. The lowest BCUT2D eigenvalue weighted by Gasteiger charge is -2.33. The highest BCUT2D eigenvalue weighted by molar-refractivity contribution is 5.84. The summed E-state index contributed by atoms with van der Waals surface area (Å²) in [6.45, 7) is 1.41. The predicted octanol–water partition coefficient (Wildman–Crippen LogP) is 4.97. The molecule has 4 nitrogen and oxygen atoms in total. The van der Waals surface area contributed by atoms with Gasteiger partial charge >= 0.3 is 6.36 Å². The molecule has 3 aromatic carbocycles. The van der Waals surface area contributed by atoms with Crippen LogP contribution >= 0.6 is 0 Å². The molecule has 0 saturated carbocycles. The van der Waals surface area contributed by atoms with Crippen LogP contribution in [0.1, 0.15) is 17.9 Å². The third-order valence-electron chi connectivity index (χ3n) is 5.03. The van der Waals surface area contributed by atoms with Gasteiger partial charge in [-0.3, -0.25) is 0 Å². The lowest BCUT2D eigenvalue weighted by atomic mass is 9.86. The van der Waals surface area contributed by atoms with Crippen LogP contribution in [-0.4, -0.2) is 30.7 Å². The summed E-state index contributed by atoms with van der Waals surface area (Å²) in [5.41, 5.74) is 1.09. The SMILES string of the molecule is Oc1ccc2cc(C3CCNCC3Oc3cccc(OC(F)(F)F)c3)ccc2c1. The van der Waals surface area contributed by atoms with Crippen molar-refractivity contribution >= 4 is 10.8 Å². The third kappa shape index (κ3) is 4.74. The summed E-state index contributed by atoms with van der Waals surface area (Å²) in [4.78, 5) is 0. The van der Waals surface area contributed by atoms with Crippen LogP contribution in [0.3, 0.4) is 0 Å². The third-order valence-corrected chi connectivity index (χ3v) is 5.03. The first-order valence-corrected chi connectivity index (χ1v) is 9.33. The second kappa shape index (κ2) is 7.83. The molecule has 0 spiro atoms. The molecule has 0 radical (unpaired) electrons. The molecule has 0 aliphatic carbocycles. The fourth-order valence-corrected chi connectivity index (χ4v) is 3.74. The fraction of sp³-hybridized carbons (Fsp3) is 0.273. The minimum atomic E-state index is -4.74. The van der Waals surface area contributed by atoms with Crippen LogP contribution in [0.2, 0.25) is 0 Å². The molecule has 2 atom stereocenters. The largest absolute Gasteiger partial charge is 0.573 e. The van der Waals surface area contributed by atoms with E-state index in [-0.39, 0.29) is 23.5 Å². The molecule has 1 heterocycles. The molecule has 0 bridgehead atoms. The van der Waals surface area contributed by atoms with Crippen molar-refractivity contribution in [2.75, 3.05) is 13.1 Å². The first kappa shape index (κ1) is 19.4. The average Bonchev–Trinajstić information content (AvgIpc) is 2.67. The molecule has 29 heavy (non-hydrogen) atoms. The lowest BCUT2D eigenvalue weighted by molar-refractivity contribution is -0.274. The molecule has 1 saturated heterocycles. The predicted molar refractivity (Wildman–Crippen MR) is 103 cm³/mol. The van der Waals surface area contributed by atoms with Crippen molar-refractivity contribution in [3.05, 3.63) is 66.2 Å². The molecule has 3 aromatic rings. The van der Waals surface area contributed by atoms with E-state index in [4.69, 9.17) is 4.74 Å². The maximum Gasteiger partial charge on any atom is 0.573 e. The monoisotopic (exact) mass is 403 g/mol. The van der Waals surface area contributed by atoms with Gasteiger partial charge in [0.15, 0.2) is 0 Å². The van der Waals surface area contributed by atoms with Crippen LogP contribution in [0, 0.1) is 0 Å². The number of aromatic hydroxyl groups is 1. The molecule has 1 aliphatic heterocycles. The zero-order chi connectivity index (χ0) is 20.4. The minimum absolute atomic E-state index is 0.0849. The van der Waals surface area contributed by atoms with Crippen LogP contribution < -0.4 is 14.8 Å². The number of nitrogens with one attached hydrogen (secondary N) is 1. The number of hydrogen-bond acceptors (Lipinski definition) is 4. The Balaban J connectivity index is 1.57. The number of phenolic OH excluding ortho intramolecular Hbond substituents is 1. The van der Waals surface area contributed by atoms with Gasteiger partial charge in [0.05, 0.1) is 0 Å². The minimum Gasteiger partial charge on any atom is -0.508 e. The van der Waals surface area contributed by atoms with Crippen LogP contribution in [-0.2, 0) is 0 Å². The summed E-state index contributed by atoms with van der Waals surface area (Å²) in [6.07, 6.45) is -4.14. The molecule has 2 N–H and O–H groups in total. The van der Waals surface area contributed by atoms with Crippen LogP contribution in [0.25, 0.3) is 10.8 Å². The second-order valence-corrected chi connectivity index (χ2v) is 7.07. The van der Waals surface area contributed by atoms with Gasteiger partial charge in [-0.05, 0) is 53.6 Å². The number of benzene rings is 3. The Bertz CT molecular complexity index is 1010. The van der Waals surface area contributed by atoms with E-state index in [1.54, 1.807) is 18.2 Å². The summed E-state index contributed by atoms with van der Waals surface area (Å²) in [7, 11) is 0. The number of piperidine rings is 1. The van der Waals surface area contributed by atoms with E-state index in [1.807, 2.05) is 18.2 Å². The van der Waals surface area contributed by atoms with E-state index in [0.717, 1.165) is 29.3 Å². The van der Waals surface area contributed by atoms with E-state index in [0.29, 0.717) is 12.3 Å². The Hall–Kier alpha value is -2.93. The number of phenols is 1. The average molecular weight is 403 g/mol. The van der Waals surface area contributed by atoms with E-state index < -0.39 is 6.36 Å². The quantitative estimate of drug-likeness (QED) is 0.646. The summed E-state index contributed by atoms with van der Waals surface area (Å²) >= 11 is 0. The Morgan fingerprint density at radius 3 is 2.52 bits per heavy atom. The van der Waals surface area contributed by atoms with Crippen LogP contribution in [0.15, 0.2) is 60.7 Å². The van der Waals surface area contributed by atoms with E-state index in [9.17, 15) is 18.3 Å². The van der Waals surface area contributed by atoms with Gasteiger partial charge in [-0.25, -0.2) is 0 Å². The van der Waals surface area contributed by atoms with Crippen molar-refractivity contribution in [3.63, 3.8) is 0 Å². The zero-order valence-electron chi connectivity index (χ0n) is 15.4. The molecule has 152 valence electrons. The molecule has 2 unspecified atom stereocenters. The van der Waals surface area contributed by atoms with Gasteiger partial charge in [0.25, 0.3) is 0 Å². The first-order chi connectivity index (χ1) is 13.9. The highest BCUT2D eigenvalue weighted by Gasteiger charge is 2.32. The second-order valence-electron chi connectivity index (χ2n) is 7.07. The summed E-state index contributed by atoms with van der Waals surface area (Å²) in [5.74, 6) is 0.327. The number of rotatable bonds is 4. The van der Waals surface area contributed by atoms with Gasteiger partial charge in [0.1, 0.15) is 23.4 Å². The van der Waals surface area contributed by atoms with Crippen molar-refractivity contribution in [3.8, 4) is 17.2 Å². The maximum absolute atomic E-state index is 12.5. The van der Waals surface area contributed by atoms with Crippen molar-refractivity contribution in [2.24, 2.45) is 0 Å². The number of ether oxygens (including phenoxy) is 2. The molecule has 0 amide bonds. The highest BCUT2D eigenvalue weighted by Crippen LogP contribution is 2.33. The molecular formula is C22H20F3NO3. The van der Waals surface area contributed by atoms with Gasteiger partial charge in [-0.1, -0.05) is 30.3 Å². The van der Waals surface area contributed by atoms with Gasteiger partial charge in [0.2, 0.25) is 0 Å². The molecule has 1 aliphatic rings. The normalized spacial score (nSPS) is 19.8. The topological polar surface area (TPSA) is 50.7 Å².